The van der Waals surface area contributed by atoms with E-state index in [4.69, 9.17) is 4.74 Å². The molecule has 1 amide bonds. The average Bonchev–Trinajstić information content (AvgIpc) is 2.30. The molecule has 1 heterocycles. The number of rotatable bonds is 2. The zero-order valence-electron chi connectivity index (χ0n) is 8.62. The van der Waals surface area contributed by atoms with Gasteiger partial charge in [0.2, 0.25) is 5.91 Å². The van der Waals surface area contributed by atoms with Gasteiger partial charge in [-0.2, -0.15) is 0 Å². The Morgan fingerprint density at radius 1 is 1.33 bits per heavy atom. The Balaban J connectivity index is 2.30. The normalized spacial score (nSPS) is 20.9. The predicted molar refractivity (Wildman–Crippen MR) is 56.7 cm³/mol. The van der Waals surface area contributed by atoms with Gasteiger partial charge in [0.05, 0.1) is 7.11 Å². The largest absolute Gasteiger partial charge is 0.496 e. The van der Waals surface area contributed by atoms with Gasteiger partial charge in [0, 0.05) is 18.7 Å². The van der Waals surface area contributed by atoms with E-state index in [2.05, 4.69) is 10.6 Å². The molecule has 80 valence electrons. The number of nitrogens with one attached hydrogen (secondary N) is 2. The van der Waals surface area contributed by atoms with Crippen molar-refractivity contribution in [3.05, 3.63) is 29.8 Å². The fraction of sp³-hybridized carbons (Fsp3) is 0.364. The van der Waals surface area contributed by atoms with Crippen molar-refractivity contribution in [1.82, 2.24) is 10.6 Å². The second-order valence-corrected chi connectivity index (χ2v) is 3.42. The second-order valence-electron chi connectivity index (χ2n) is 3.42. The minimum atomic E-state index is -0.296. The SMILES string of the molecule is COc1ccccc1C1NCCNC1=O. The Morgan fingerprint density at radius 2 is 2.13 bits per heavy atom. The van der Waals surface area contributed by atoms with Crippen LogP contribution in [0.5, 0.6) is 5.75 Å². The Kier molecular flexibility index (Phi) is 2.87. The molecule has 1 saturated heterocycles. The summed E-state index contributed by atoms with van der Waals surface area (Å²) in [5, 5.41) is 5.99. The molecule has 0 spiro atoms. The van der Waals surface area contributed by atoms with Crippen molar-refractivity contribution >= 4 is 5.91 Å². The molecular weight excluding hydrogens is 192 g/mol. The molecule has 1 fully saturated rings. The lowest BCUT2D eigenvalue weighted by atomic mass is 10.0. The topological polar surface area (TPSA) is 50.4 Å². The maximum absolute atomic E-state index is 11.6. The smallest absolute Gasteiger partial charge is 0.241 e. The van der Waals surface area contributed by atoms with Crippen molar-refractivity contribution in [1.29, 1.82) is 0 Å². The molecule has 0 bridgehead atoms. The molecule has 0 aliphatic carbocycles. The van der Waals surface area contributed by atoms with E-state index < -0.39 is 0 Å². The van der Waals surface area contributed by atoms with Crippen LogP contribution in [0, 0.1) is 0 Å². The fourth-order valence-corrected chi connectivity index (χ4v) is 1.75. The number of benzene rings is 1. The molecule has 0 saturated carbocycles. The third kappa shape index (κ3) is 1.94. The Hall–Kier alpha value is -1.55. The van der Waals surface area contributed by atoms with Crippen LogP contribution in [0.4, 0.5) is 0 Å². The summed E-state index contributed by atoms with van der Waals surface area (Å²) in [7, 11) is 1.61. The molecule has 1 unspecified atom stereocenters. The highest BCUT2D eigenvalue weighted by molar-refractivity contribution is 5.84. The highest BCUT2D eigenvalue weighted by atomic mass is 16.5. The van der Waals surface area contributed by atoms with Gasteiger partial charge in [0.25, 0.3) is 0 Å². The third-order valence-electron chi connectivity index (χ3n) is 2.48. The fourth-order valence-electron chi connectivity index (χ4n) is 1.75. The summed E-state index contributed by atoms with van der Waals surface area (Å²) in [4.78, 5) is 11.6. The lowest BCUT2D eigenvalue weighted by Gasteiger charge is -2.24. The molecule has 0 aromatic heterocycles. The van der Waals surface area contributed by atoms with E-state index in [0.29, 0.717) is 6.54 Å². The van der Waals surface area contributed by atoms with Crippen LogP contribution < -0.4 is 15.4 Å². The molecule has 1 aromatic carbocycles. The van der Waals surface area contributed by atoms with Gasteiger partial charge in [-0.25, -0.2) is 0 Å². The number of carbonyl (C=O) groups excluding carboxylic acids is 1. The van der Waals surface area contributed by atoms with Crippen LogP contribution in [0.15, 0.2) is 24.3 Å². The Labute approximate surface area is 88.6 Å². The van der Waals surface area contributed by atoms with Gasteiger partial charge in [0.1, 0.15) is 11.8 Å². The van der Waals surface area contributed by atoms with Gasteiger partial charge in [0.15, 0.2) is 0 Å². The number of ether oxygens (including phenoxy) is 1. The van der Waals surface area contributed by atoms with Gasteiger partial charge < -0.3 is 15.4 Å². The molecular formula is C11H14N2O2. The predicted octanol–water partition coefficient (Wildman–Crippen LogP) is 0.456. The first-order valence-electron chi connectivity index (χ1n) is 4.97. The van der Waals surface area contributed by atoms with Crippen LogP contribution in [-0.2, 0) is 4.79 Å². The molecule has 4 nitrogen and oxygen atoms in total. The van der Waals surface area contributed by atoms with E-state index in [1.54, 1.807) is 7.11 Å². The van der Waals surface area contributed by atoms with Crippen LogP contribution in [0.1, 0.15) is 11.6 Å². The number of methoxy groups -OCH3 is 1. The van der Waals surface area contributed by atoms with Crippen LogP contribution >= 0.6 is 0 Å². The highest BCUT2D eigenvalue weighted by Crippen LogP contribution is 2.25. The quantitative estimate of drug-likeness (QED) is 0.739. The summed E-state index contributed by atoms with van der Waals surface area (Å²) < 4.78 is 5.23. The zero-order chi connectivity index (χ0) is 10.7. The van der Waals surface area contributed by atoms with E-state index in [1.807, 2.05) is 24.3 Å². The molecule has 1 atom stereocenters. The summed E-state index contributed by atoms with van der Waals surface area (Å²) in [5.74, 6) is 0.748. The zero-order valence-corrected chi connectivity index (χ0v) is 8.62. The molecule has 1 aliphatic heterocycles. The molecule has 0 radical (unpaired) electrons. The number of hydrogen-bond donors (Lipinski definition) is 2. The number of amides is 1. The number of para-hydroxylation sites is 1. The molecule has 2 N–H and O–H groups in total. The van der Waals surface area contributed by atoms with E-state index in [0.717, 1.165) is 17.9 Å². The average molecular weight is 206 g/mol. The summed E-state index contributed by atoms with van der Waals surface area (Å²) in [6.45, 7) is 1.47. The van der Waals surface area contributed by atoms with E-state index in [9.17, 15) is 4.79 Å². The van der Waals surface area contributed by atoms with E-state index >= 15 is 0 Å². The van der Waals surface area contributed by atoms with Gasteiger partial charge in [-0.05, 0) is 6.07 Å². The first-order chi connectivity index (χ1) is 7.33. The molecule has 1 aromatic rings. The maximum Gasteiger partial charge on any atom is 0.241 e. The van der Waals surface area contributed by atoms with Gasteiger partial charge in [-0.3, -0.25) is 4.79 Å². The number of piperazine rings is 1. The van der Waals surface area contributed by atoms with Gasteiger partial charge in [-0.15, -0.1) is 0 Å². The molecule has 2 rings (SSSR count). The lowest BCUT2D eigenvalue weighted by molar-refractivity contribution is -0.124. The monoisotopic (exact) mass is 206 g/mol. The summed E-state index contributed by atoms with van der Waals surface area (Å²) in [6, 6.07) is 7.26. The van der Waals surface area contributed by atoms with Crippen molar-refractivity contribution in [3.8, 4) is 5.75 Å². The number of carbonyl (C=O) groups is 1. The van der Waals surface area contributed by atoms with Crippen molar-refractivity contribution in [2.45, 2.75) is 6.04 Å². The highest BCUT2D eigenvalue weighted by Gasteiger charge is 2.25. The first-order valence-corrected chi connectivity index (χ1v) is 4.97. The van der Waals surface area contributed by atoms with Crippen LogP contribution in [0.2, 0.25) is 0 Å². The second kappa shape index (κ2) is 4.31. The van der Waals surface area contributed by atoms with Crippen LogP contribution in [0.3, 0.4) is 0 Å². The Morgan fingerprint density at radius 3 is 2.87 bits per heavy atom. The standard InChI is InChI=1S/C11H14N2O2/c1-15-9-5-3-2-4-8(9)10-11(14)13-7-6-12-10/h2-5,10,12H,6-7H2,1H3,(H,13,14). The summed E-state index contributed by atoms with van der Waals surface area (Å²) >= 11 is 0. The van der Waals surface area contributed by atoms with Crippen molar-refractivity contribution in [3.63, 3.8) is 0 Å². The molecule has 15 heavy (non-hydrogen) atoms. The van der Waals surface area contributed by atoms with Crippen molar-refractivity contribution < 1.29 is 9.53 Å². The van der Waals surface area contributed by atoms with Crippen LogP contribution in [-0.4, -0.2) is 26.1 Å². The van der Waals surface area contributed by atoms with E-state index in [1.165, 1.54) is 0 Å². The number of hydrogen-bond acceptors (Lipinski definition) is 3. The van der Waals surface area contributed by atoms with E-state index in [-0.39, 0.29) is 11.9 Å². The third-order valence-corrected chi connectivity index (χ3v) is 2.48. The first kappa shape index (κ1) is 9.98. The summed E-state index contributed by atoms with van der Waals surface area (Å²) in [6.07, 6.45) is 0. The maximum atomic E-state index is 11.6. The lowest BCUT2D eigenvalue weighted by Crippen LogP contribution is -2.47. The molecule has 1 aliphatic rings. The Bertz CT molecular complexity index is 365. The van der Waals surface area contributed by atoms with Gasteiger partial charge in [-0.1, -0.05) is 18.2 Å². The van der Waals surface area contributed by atoms with Crippen molar-refractivity contribution in [2.24, 2.45) is 0 Å². The minimum absolute atomic E-state index is 0.00532. The van der Waals surface area contributed by atoms with Crippen molar-refractivity contribution in [2.75, 3.05) is 20.2 Å². The molecule has 4 heteroatoms. The van der Waals surface area contributed by atoms with Gasteiger partial charge >= 0.3 is 0 Å². The summed E-state index contributed by atoms with van der Waals surface area (Å²) in [5.41, 5.74) is 0.886. The minimum Gasteiger partial charge on any atom is -0.496 e. The van der Waals surface area contributed by atoms with Crippen LogP contribution in [0.25, 0.3) is 0 Å².